The first-order chi connectivity index (χ1) is 8.20. The fraction of sp³-hybridized carbons (Fsp3) is 0.200. The molecule has 0 aliphatic rings. The van der Waals surface area contributed by atoms with E-state index in [4.69, 9.17) is 17.3 Å². The van der Waals surface area contributed by atoms with E-state index in [0.29, 0.717) is 6.54 Å². The number of halogens is 1. The van der Waals surface area contributed by atoms with Crippen molar-refractivity contribution in [3.8, 4) is 11.1 Å². The molecule has 2 heteroatoms. The first-order valence-electron chi connectivity index (χ1n) is 5.76. The van der Waals surface area contributed by atoms with Crippen molar-refractivity contribution in [1.82, 2.24) is 0 Å². The van der Waals surface area contributed by atoms with Crippen molar-refractivity contribution in [3.63, 3.8) is 0 Å². The van der Waals surface area contributed by atoms with Gasteiger partial charge in [0, 0.05) is 5.02 Å². The van der Waals surface area contributed by atoms with Crippen LogP contribution < -0.4 is 5.73 Å². The minimum absolute atomic E-state index is 0.663. The SMILES string of the molecule is Cc1ccc(CCN)c(-c2cccc(Cl)c2)c1. The van der Waals surface area contributed by atoms with Crippen molar-refractivity contribution in [2.45, 2.75) is 13.3 Å². The second-order valence-corrected chi connectivity index (χ2v) is 4.65. The molecule has 0 fully saturated rings. The van der Waals surface area contributed by atoms with Crippen LogP contribution in [0.4, 0.5) is 0 Å². The van der Waals surface area contributed by atoms with Gasteiger partial charge in [-0.2, -0.15) is 0 Å². The summed E-state index contributed by atoms with van der Waals surface area (Å²) >= 11 is 6.04. The van der Waals surface area contributed by atoms with Crippen molar-refractivity contribution in [2.24, 2.45) is 5.73 Å². The number of rotatable bonds is 3. The number of hydrogen-bond donors (Lipinski definition) is 1. The molecule has 2 aromatic rings. The summed E-state index contributed by atoms with van der Waals surface area (Å²) in [6.07, 6.45) is 0.891. The molecule has 0 unspecified atom stereocenters. The van der Waals surface area contributed by atoms with E-state index in [1.807, 2.05) is 18.2 Å². The van der Waals surface area contributed by atoms with Gasteiger partial charge in [0.15, 0.2) is 0 Å². The predicted octanol–water partition coefficient (Wildman–Crippen LogP) is 3.82. The molecule has 17 heavy (non-hydrogen) atoms. The summed E-state index contributed by atoms with van der Waals surface area (Å²) in [6.45, 7) is 2.76. The van der Waals surface area contributed by atoms with E-state index in [1.165, 1.54) is 16.7 Å². The normalized spacial score (nSPS) is 10.5. The highest BCUT2D eigenvalue weighted by Crippen LogP contribution is 2.27. The summed E-state index contributed by atoms with van der Waals surface area (Å²) in [6, 6.07) is 14.4. The van der Waals surface area contributed by atoms with E-state index >= 15 is 0 Å². The Hall–Kier alpha value is -1.31. The topological polar surface area (TPSA) is 26.0 Å². The Morgan fingerprint density at radius 1 is 1.12 bits per heavy atom. The van der Waals surface area contributed by atoms with Crippen molar-refractivity contribution in [1.29, 1.82) is 0 Å². The molecule has 2 N–H and O–H groups in total. The zero-order chi connectivity index (χ0) is 12.3. The Morgan fingerprint density at radius 2 is 1.94 bits per heavy atom. The fourth-order valence-electron chi connectivity index (χ4n) is 1.99. The van der Waals surface area contributed by atoms with Crippen molar-refractivity contribution in [3.05, 3.63) is 58.6 Å². The van der Waals surface area contributed by atoms with Gasteiger partial charge in [0.2, 0.25) is 0 Å². The van der Waals surface area contributed by atoms with Gasteiger partial charge in [-0.15, -0.1) is 0 Å². The quantitative estimate of drug-likeness (QED) is 0.874. The van der Waals surface area contributed by atoms with E-state index in [9.17, 15) is 0 Å². The molecule has 0 spiro atoms. The number of benzene rings is 2. The van der Waals surface area contributed by atoms with Gasteiger partial charge in [0.25, 0.3) is 0 Å². The Morgan fingerprint density at radius 3 is 2.65 bits per heavy atom. The van der Waals surface area contributed by atoms with Crippen LogP contribution in [-0.4, -0.2) is 6.54 Å². The number of aryl methyl sites for hydroxylation is 1. The monoisotopic (exact) mass is 245 g/mol. The fourth-order valence-corrected chi connectivity index (χ4v) is 2.18. The summed E-state index contributed by atoms with van der Waals surface area (Å²) in [4.78, 5) is 0. The third-order valence-corrected chi connectivity index (χ3v) is 3.05. The molecule has 0 saturated carbocycles. The molecule has 0 atom stereocenters. The maximum Gasteiger partial charge on any atom is 0.0412 e. The smallest absolute Gasteiger partial charge is 0.0412 e. The standard InChI is InChI=1S/C15H16ClN/c1-11-5-6-12(7-8-17)15(9-11)13-3-2-4-14(16)10-13/h2-6,9-10H,7-8,17H2,1H3. The molecule has 2 aromatic carbocycles. The van der Waals surface area contributed by atoms with Crippen molar-refractivity contribution in [2.75, 3.05) is 6.54 Å². The van der Waals surface area contributed by atoms with Crippen LogP contribution >= 0.6 is 11.6 Å². The number of nitrogens with two attached hydrogens (primary N) is 1. The average Bonchev–Trinajstić information content (AvgIpc) is 2.32. The van der Waals surface area contributed by atoms with Crippen LogP contribution in [0.25, 0.3) is 11.1 Å². The lowest BCUT2D eigenvalue weighted by Crippen LogP contribution is -2.04. The first-order valence-corrected chi connectivity index (χ1v) is 6.14. The largest absolute Gasteiger partial charge is 0.330 e. The summed E-state index contributed by atoms with van der Waals surface area (Å²) in [5.74, 6) is 0. The van der Waals surface area contributed by atoms with E-state index < -0.39 is 0 Å². The lowest BCUT2D eigenvalue weighted by Gasteiger charge is -2.10. The molecule has 0 aliphatic carbocycles. The average molecular weight is 246 g/mol. The highest BCUT2D eigenvalue weighted by atomic mass is 35.5. The van der Waals surface area contributed by atoms with E-state index in [1.54, 1.807) is 0 Å². The molecule has 0 aromatic heterocycles. The van der Waals surface area contributed by atoms with Crippen LogP contribution in [0, 0.1) is 6.92 Å². The maximum atomic E-state index is 6.04. The van der Waals surface area contributed by atoms with Gasteiger partial charge < -0.3 is 5.73 Å². The van der Waals surface area contributed by atoms with Crippen LogP contribution in [-0.2, 0) is 6.42 Å². The van der Waals surface area contributed by atoms with Crippen LogP contribution in [0.3, 0.4) is 0 Å². The Kier molecular flexibility index (Phi) is 3.82. The highest BCUT2D eigenvalue weighted by Gasteiger charge is 2.05. The van der Waals surface area contributed by atoms with Gasteiger partial charge >= 0.3 is 0 Å². The summed E-state index contributed by atoms with van der Waals surface area (Å²) in [5.41, 5.74) is 10.6. The van der Waals surface area contributed by atoms with Gasteiger partial charge in [-0.25, -0.2) is 0 Å². The van der Waals surface area contributed by atoms with Gasteiger partial charge in [0.05, 0.1) is 0 Å². The van der Waals surface area contributed by atoms with Gasteiger partial charge in [0.1, 0.15) is 0 Å². The zero-order valence-corrected chi connectivity index (χ0v) is 10.7. The molecular formula is C15H16ClN. The Bertz CT molecular complexity index is 520. The minimum atomic E-state index is 0.663. The van der Waals surface area contributed by atoms with Crippen molar-refractivity contribution < 1.29 is 0 Å². The Balaban J connectivity index is 2.52. The second-order valence-electron chi connectivity index (χ2n) is 4.21. The molecule has 2 rings (SSSR count). The maximum absolute atomic E-state index is 6.04. The van der Waals surface area contributed by atoms with E-state index in [0.717, 1.165) is 17.0 Å². The lowest BCUT2D eigenvalue weighted by molar-refractivity contribution is 0.970. The lowest BCUT2D eigenvalue weighted by atomic mass is 9.96. The molecule has 0 amide bonds. The van der Waals surface area contributed by atoms with E-state index in [-0.39, 0.29) is 0 Å². The van der Waals surface area contributed by atoms with Crippen molar-refractivity contribution >= 4 is 11.6 Å². The first kappa shape index (κ1) is 12.2. The summed E-state index contributed by atoms with van der Waals surface area (Å²) in [7, 11) is 0. The highest BCUT2D eigenvalue weighted by molar-refractivity contribution is 6.30. The predicted molar refractivity (Wildman–Crippen MR) is 74.4 cm³/mol. The summed E-state index contributed by atoms with van der Waals surface area (Å²) < 4.78 is 0. The second kappa shape index (κ2) is 5.35. The summed E-state index contributed by atoms with van der Waals surface area (Å²) in [5, 5.41) is 0.766. The van der Waals surface area contributed by atoms with Crippen LogP contribution in [0.5, 0.6) is 0 Å². The molecular weight excluding hydrogens is 230 g/mol. The molecule has 1 nitrogen and oxygen atoms in total. The molecule has 0 bridgehead atoms. The van der Waals surface area contributed by atoms with Crippen LogP contribution in [0.15, 0.2) is 42.5 Å². The third-order valence-electron chi connectivity index (χ3n) is 2.81. The zero-order valence-electron chi connectivity index (χ0n) is 9.91. The van der Waals surface area contributed by atoms with E-state index in [2.05, 4.69) is 31.2 Å². The molecule has 88 valence electrons. The van der Waals surface area contributed by atoms with Crippen LogP contribution in [0.1, 0.15) is 11.1 Å². The van der Waals surface area contributed by atoms with Gasteiger partial charge in [-0.3, -0.25) is 0 Å². The molecule has 0 heterocycles. The number of hydrogen-bond acceptors (Lipinski definition) is 1. The third kappa shape index (κ3) is 2.87. The Labute approximate surface area is 107 Å². The van der Waals surface area contributed by atoms with Gasteiger partial charge in [-0.05, 0) is 48.7 Å². The van der Waals surface area contributed by atoms with Gasteiger partial charge in [-0.1, -0.05) is 47.5 Å². The minimum Gasteiger partial charge on any atom is -0.330 e. The van der Waals surface area contributed by atoms with Crippen LogP contribution in [0.2, 0.25) is 5.02 Å². The molecule has 0 radical (unpaired) electrons. The molecule has 0 saturated heterocycles. The molecule has 0 aliphatic heterocycles.